The van der Waals surface area contributed by atoms with Crippen LogP contribution in [-0.4, -0.2) is 31.7 Å². The molecule has 2 heterocycles. The zero-order valence-corrected chi connectivity index (χ0v) is 18.0. The molecule has 1 fully saturated rings. The fourth-order valence-corrected chi connectivity index (χ4v) is 6.88. The van der Waals surface area contributed by atoms with Crippen LogP contribution < -0.4 is 5.32 Å². The number of halogens is 1. The van der Waals surface area contributed by atoms with Crippen LogP contribution in [0.25, 0.3) is 0 Å². The highest BCUT2D eigenvalue weighted by molar-refractivity contribution is 7.89. The number of sulfonamides is 1. The highest BCUT2D eigenvalue weighted by Crippen LogP contribution is 2.38. The fraction of sp³-hybridized carbons (Fsp3) is 0.429. The van der Waals surface area contributed by atoms with E-state index < -0.39 is 26.6 Å². The first kappa shape index (κ1) is 21.0. The molecule has 0 atom stereocenters. The maximum atomic E-state index is 14.4. The van der Waals surface area contributed by atoms with Crippen molar-refractivity contribution < 1.29 is 17.6 Å². The molecule has 1 amide bonds. The molecular weight excluding hydrogens is 425 g/mol. The topological polar surface area (TPSA) is 90.3 Å². The molecule has 0 saturated carbocycles. The predicted molar refractivity (Wildman–Crippen MR) is 113 cm³/mol. The molecule has 6 nitrogen and oxygen atoms in total. The van der Waals surface area contributed by atoms with Crippen molar-refractivity contribution in [2.45, 2.75) is 49.8 Å². The van der Waals surface area contributed by atoms with Crippen LogP contribution in [0.4, 0.5) is 9.39 Å². The quantitative estimate of drug-likeness (QED) is 0.765. The second-order valence-electron chi connectivity index (χ2n) is 7.59. The fourth-order valence-electron chi connectivity index (χ4n) is 4.03. The van der Waals surface area contributed by atoms with Gasteiger partial charge in [-0.15, -0.1) is 11.3 Å². The smallest absolute Gasteiger partial charge is 0.256 e. The second-order valence-corrected chi connectivity index (χ2v) is 10.6. The van der Waals surface area contributed by atoms with Crippen molar-refractivity contribution >= 4 is 32.3 Å². The molecule has 4 rings (SSSR count). The first-order valence-electron chi connectivity index (χ1n) is 10.1. The third-order valence-corrected chi connectivity index (χ3v) is 8.76. The van der Waals surface area contributed by atoms with Gasteiger partial charge in [0, 0.05) is 23.5 Å². The molecule has 1 aromatic carbocycles. The number of nitriles is 1. The van der Waals surface area contributed by atoms with Crippen LogP contribution in [-0.2, 0) is 22.9 Å². The van der Waals surface area contributed by atoms with E-state index in [0.29, 0.717) is 23.7 Å². The SMILES string of the molecule is N#Cc1c(NC(=O)c2ccc(F)c(S(=O)(=O)N3CCCCC3)c2)sc2c1CCCC2. The molecule has 1 aliphatic carbocycles. The van der Waals surface area contributed by atoms with Crippen molar-refractivity contribution in [2.24, 2.45) is 0 Å². The van der Waals surface area contributed by atoms with Gasteiger partial charge in [-0.2, -0.15) is 9.57 Å². The minimum atomic E-state index is -4.01. The maximum Gasteiger partial charge on any atom is 0.256 e. The molecule has 9 heteroatoms. The van der Waals surface area contributed by atoms with Crippen LogP contribution in [0.5, 0.6) is 0 Å². The van der Waals surface area contributed by atoms with E-state index in [1.54, 1.807) is 0 Å². The van der Waals surface area contributed by atoms with Crippen molar-refractivity contribution in [3.8, 4) is 6.07 Å². The molecule has 2 aromatic rings. The first-order valence-corrected chi connectivity index (χ1v) is 12.3. The monoisotopic (exact) mass is 447 g/mol. The Balaban J connectivity index is 1.62. The Hall–Kier alpha value is -2.28. The van der Waals surface area contributed by atoms with Crippen LogP contribution in [0.15, 0.2) is 23.1 Å². The number of nitrogens with one attached hydrogen (secondary N) is 1. The van der Waals surface area contributed by atoms with E-state index >= 15 is 0 Å². The average Bonchev–Trinajstić information content (AvgIpc) is 3.11. The summed E-state index contributed by atoms with van der Waals surface area (Å²) < 4.78 is 41.5. The van der Waals surface area contributed by atoms with Crippen LogP contribution in [0.2, 0.25) is 0 Å². The third kappa shape index (κ3) is 3.87. The predicted octanol–water partition coefficient (Wildman–Crippen LogP) is 4.06. The molecule has 1 aromatic heterocycles. The van der Waals surface area contributed by atoms with Gasteiger partial charge in [0.1, 0.15) is 21.8 Å². The largest absolute Gasteiger partial charge is 0.312 e. The van der Waals surface area contributed by atoms with E-state index in [4.69, 9.17) is 0 Å². The molecule has 0 bridgehead atoms. The lowest BCUT2D eigenvalue weighted by molar-refractivity contribution is 0.102. The van der Waals surface area contributed by atoms with E-state index in [2.05, 4.69) is 11.4 Å². The van der Waals surface area contributed by atoms with Crippen LogP contribution >= 0.6 is 11.3 Å². The number of nitrogens with zero attached hydrogens (tertiary/aromatic N) is 2. The number of rotatable bonds is 4. The Labute approximate surface area is 179 Å². The summed E-state index contributed by atoms with van der Waals surface area (Å²) >= 11 is 1.39. The van der Waals surface area contributed by atoms with Crippen molar-refractivity contribution in [2.75, 3.05) is 18.4 Å². The van der Waals surface area contributed by atoms with Crippen molar-refractivity contribution in [3.63, 3.8) is 0 Å². The molecule has 2 aliphatic rings. The number of carbonyl (C=O) groups excluding carboxylic acids is 1. The van der Waals surface area contributed by atoms with Crippen LogP contribution in [0.1, 0.15) is 58.5 Å². The third-order valence-electron chi connectivity index (χ3n) is 5.64. The van der Waals surface area contributed by atoms with Gasteiger partial charge in [0.2, 0.25) is 10.0 Å². The number of anilines is 1. The zero-order valence-electron chi connectivity index (χ0n) is 16.4. The Morgan fingerprint density at radius 2 is 1.87 bits per heavy atom. The van der Waals surface area contributed by atoms with Gasteiger partial charge in [0.25, 0.3) is 5.91 Å². The number of piperidine rings is 1. The standard InChI is InChI=1S/C21H22FN3O3S2/c22-17-9-8-14(12-19(17)30(27,28)25-10-4-1-5-11-25)20(26)24-21-16(13-23)15-6-2-3-7-18(15)29-21/h8-9,12H,1-7,10-11H2,(H,24,26). The molecule has 1 aliphatic heterocycles. The van der Waals surface area contributed by atoms with E-state index in [0.717, 1.165) is 67.5 Å². The summed E-state index contributed by atoms with van der Waals surface area (Å²) in [6.07, 6.45) is 6.20. The van der Waals surface area contributed by atoms with Crippen LogP contribution in [0.3, 0.4) is 0 Å². The van der Waals surface area contributed by atoms with Gasteiger partial charge >= 0.3 is 0 Å². The molecule has 1 saturated heterocycles. The molecule has 0 radical (unpaired) electrons. The summed E-state index contributed by atoms with van der Waals surface area (Å²) in [5, 5.41) is 12.8. The summed E-state index contributed by atoms with van der Waals surface area (Å²) in [6, 6.07) is 5.55. The van der Waals surface area contributed by atoms with E-state index in [9.17, 15) is 22.9 Å². The summed E-state index contributed by atoms with van der Waals surface area (Å²) in [5.41, 5.74) is 1.52. The number of aryl methyl sites for hydroxylation is 1. The van der Waals surface area contributed by atoms with Gasteiger partial charge in [-0.3, -0.25) is 4.79 Å². The molecule has 0 unspecified atom stereocenters. The van der Waals surface area contributed by atoms with Gasteiger partial charge in [-0.1, -0.05) is 6.42 Å². The van der Waals surface area contributed by atoms with E-state index in [1.165, 1.54) is 21.7 Å². The van der Waals surface area contributed by atoms with Crippen molar-refractivity contribution in [3.05, 3.63) is 45.6 Å². The maximum absolute atomic E-state index is 14.4. The lowest BCUT2D eigenvalue weighted by Gasteiger charge is -2.26. The highest BCUT2D eigenvalue weighted by Gasteiger charge is 2.30. The molecule has 158 valence electrons. The van der Waals surface area contributed by atoms with Gasteiger partial charge in [0.15, 0.2) is 0 Å². The normalized spacial score (nSPS) is 17.2. The highest BCUT2D eigenvalue weighted by atomic mass is 32.2. The number of benzene rings is 1. The number of fused-ring (bicyclic) bond motifs is 1. The van der Waals surface area contributed by atoms with Gasteiger partial charge < -0.3 is 5.32 Å². The summed E-state index contributed by atoms with van der Waals surface area (Å²) in [7, 11) is -4.01. The number of thiophene rings is 1. The second kappa shape index (κ2) is 8.46. The first-order chi connectivity index (χ1) is 14.4. The minimum absolute atomic E-state index is 0.0437. The molecule has 1 N–H and O–H groups in total. The molecule has 0 spiro atoms. The molecule has 30 heavy (non-hydrogen) atoms. The van der Waals surface area contributed by atoms with E-state index in [-0.39, 0.29) is 5.56 Å². The Kier molecular flexibility index (Phi) is 5.91. The lowest BCUT2D eigenvalue weighted by Crippen LogP contribution is -2.36. The number of carbonyl (C=O) groups is 1. The summed E-state index contributed by atoms with van der Waals surface area (Å²) in [5.74, 6) is -1.43. The average molecular weight is 448 g/mol. The zero-order chi connectivity index (χ0) is 21.3. The number of hydrogen-bond donors (Lipinski definition) is 1. The van der Waals surface area contributed by atoms with E-state index in [1.807, 2.05) is 0 Å². The van der Waals surface area contributed by atoms with Crippen molar-refractivity contribution in [1.29, 1.82) is 5.26 Å². The van der Waals surface area contributed by atoms with Gasteiger partial charge in [-0.05, 0) is 62.3 Å². The minimum Gasteiger partial charge on any atom is -0.312 e. The Bertz CT molecular complexity index is 1130. The lowest BCUT2D eigenvalue weighted by atomic mass is 9.96. The summed E-state index contributed by atoms with van der Waals surface area (Å²) in [6.45, 7) is 0.703. The number of hydrogen-bond acceptors (Lipinski definition) is 5. The molecular formula is C21H22FN3O3S2. The number of amides is 1. The van der Waals surface area contributed by atoms with Crippen LogP contribution in [0, 0.1) is 17.1 Å². The Morgan fingerprint density at radius 3 is 2.60 bits per heavy atom. The summed E-state index contributed by atoms with van der Waals surface area (Å²) in [4.78, 5) is 13.4. The van der Waals surface area contributed by atoms with Gasteiger partial charge in [0.05, 0.1) is 5.56 Å². The Morgan fingerprint density at radius 1 is 1.13 bits per heavy atom. The van der Waals surface area contributed by atoms with Crippen molar-refractivity contribution in [1.82, 2.24) is 4.31 Å². The van der Waals surface area contributed by atoms with Gasteiger partial charge in [-0.25, -0.2) is 12.8 Å².